The summed E-state index contributed by atoms with van der Waals surface area (Å²) < 4.78 is 4.05. The Kier molecular flexibility index (Phi) is 3.04. The molecule has 1 amide bonds. The van der Waals surface area contributed by atoms with Gasteiger partial charge in [0.05, 0.1) is 22.8 Å². The fourth-order valence-corrected chi connectivity index (χ4v) is 3.83. The number of hydrogen-bond acceptors (Lipinski definition) is 3. The molecule has 1 aliphatic carbocycles. The molecule has 2 fully saturated rings. The third-order valence-corrected chi connectivity index (χ3v) is 5.30. The van der Waals surface area contributed by atoms with Gasteiger partial charge in [0.15, 0.2) is 0 Å². The van der Waals surface area contributed by atoms with Crippen LogP contribution in [0.15, 0.2) is 30.3 Å². The number of aromatic nitrogens is 4. The van der Waals surface area contributed by atoms with Gasteiger partial charge < -0.3 is 9.47 Å². The zero-order chi connectivity index (χ0) is 17.1. The predicted molar refractivity (Wildman–Crippen MR) is 94.6 cm³/mol. The van der Waals surface area contributed by atoms with Crippen LogP contribution in [-0.2, 0) is 7.05 Å². The summed E-state index contributed by atoms with van der Waals surface area (Å²) in [6, 6.07) is 10.5. The summed E-state index contributed by atoms with van der Waals surface area (Å²) in [6.45, 7) is 3.39. The first-order valence-electron chi connectivity index (χ1n) is 8.88. The maximum absolute atomic E-state index is 12.7. The monoisotopic (exact) mass is 335 g/mol. The molecule has 0 unspecified atom stereocenters. The molecule has 0 radical (unpaired) electrons. The third-order valence-electron chi connectivity index (χ3n) is 5.30. The molecule has 25 heavy (non-hydrogen) atoms. The van der Waals surface area contributed by atoms with Crippen LogP contribution in [0.25, 0.3) is 11.0 Å². The summed E-state index contributed by atoms with van der Waals surface area (Å²) in [5, 5.41) is 4.28. The number of likely N-dealkylation sites (tertiary alicyclic amines) is 1. The molecule has 6 heteroatoms. The average molecular weight is 335 g/mol. The molecule has 2 aromatic heterocycles. The van der Waals surface area contributed by atoms with E-state index in [4.69, 9.17) is 4.98 Å². The van der Waals surface area contributed by atoms with Gasteiger partial charge in [-0.2, -0.15) is 5.10 Å². The van der Waals surface area contributed by atoms with Crippen molar-refractivity contribution in [1.29, 1.82) is 0 Å². The molecular weight excluding hydrogens is 314 g/mol. The number of aryl methyl sites for hydroxylation is 2. The summed E-state index contributed by atoms with van der Waals surface area (Å²) in [6.07, 6.45) is 2.46. The van der Waals surface area contributed by atoms with E-state index in [0.717, 1.165) is 24.3 Å². The highest BCUT2D eigenvalue weighted by Gasteiger charge is 2.38. The largest absolute Gasteiger partial charge is 0.333 e. The molecule has 1 saturated carbocycles. The maximum atomic E-state index is 12.7. The van der Waals surface area contributed by atoms with E-state index < -0.39 is 0 Å². The first-order valence-corrected chi connectivity index (χ1v) is 8.88. The summed E-state index contributed by atoms with van der Waals surface area (Å²) in [7, 11) is 1.83. The molecule has 3 heterocycles. The van der Waals surface area contributed by atoms with E-state index in [-0.39, 0.29) is 5.91 Å². The number of benzene rings is 1. The fraction of sp³-hybridized carbons (Fsp3) is 0.421. The molecule has 3 aromatic rings. The van der Waals surface area contributed by atoms with Gasteiger partial charge in [-0.15, -0.1) is 0 Å². The Labute approximate surface area is 146 Å². The zero-order valence-electron chi connectivity index (χ0n) is 14.5. The van der Waals surface area contributed by atoms with Crippen LogP contribution in [0.2, 0.25) is 0 Å². The van der Waals surface area contributed by atoms with E-state index in [1.807, 2.05) is 31.0 Å². The third kappa shape index (κ3) is 2.27. The van der Waals surface area contributed by atoms with Crippen molar-refractivity contribution >= 4 is 16.9 Å². The molecule has 1 aliphatic heterocycles. The smallest absolute Gasteiger partial charge is 0.272 e. The highest BCUT2D eigenvalue weighted by atomic mass is 16.2. The topological polar surface area (TPSA) is 56.0 Å². The molecular formula is C19H21N5O. The Bertz CT molecular complexity index is 975. The Morgan fingerprint density at radius 2 is 1.96 bits per heavy atom. The molecule has 6 nitrogen and oxygen atoms in total. The first-order chi connectivity index (χ1) is 12.1. The Morgan fingerprint density at radius 1 is 1.20 bits per heavy atom. The Hall–Kier alpha value is -2.63. The van der Waals surface area contributed by atoms with Gasteiger partial charge in [0.25, 0.3) is 5.91 Å². The standard InChI is InChI=1S/C19H21N5O/c1-12-9-17(22(2)21-12)19(25)23-10-14(11-23)24-16-6-4-3-5-15(16)20-18(24)13-7-8-13/h3-6,9,13-14H,7-8,10-11H2,1-2H3. The molecule has 1 saturated heterocycles. The summed E-state index contributed by atoms with van der Waals surface area (Å²) in [4.78, 5) is 19.5. The second-order valence-corrected chi connectivity index (χ2v) is 7.26. The van der Waals surface area contributed by atoms with Gasteiger partial charge in [0.2, 0.25) is 0 Å². The maximum Gasteiger partial charge on any atom is 0.272 e. The molecule has 0 spiro atoms. The van der Waals surface area contributed by atoms with Crippen LogP contribution in [-0.4, -0.2) is 43.2 Å². The highest BCUT2D eigenvalue weighted by Crippen LogP contribution is 2.43. The first kappa shape index (κ1) is 14.7. The normalized spacial score (nSPS) is 17.9. The van der Waals surface area contributed by atoms with Gasteiger partial charge in [-0.05, 0) is 38.0 Å². The van der Waals surface area contributed by atoms with Crippen molar-refractivity contribution < 1.29 is 4.79 Å². The second-order valence-electron chi connectivity index (χ2n) is 7.26. The minimum Gasteiger partial charge on any atom is -0.333 e. The summed E-state index contributed by atoms with van der Waals surface area (Å²) in [5.41, 5.74) is 3.79. The van der Waals surface area contributed by atoms with Gasteiger partial charge in [0.1, 0.15) is 11.5 Å². The van der Waals surface area contributed by atoms with E-state index in [2.05, 4.69) is 27.9 Å². The molecule has 0 N–H and O–H groups in total. The quantitative estimate of drug-likeness (QED) is 0.739. The number of carbonyl (C=O) groups is 1. The average Bonchev–Trinajstić information content (AvgIpc) is 3.25. The number of rotatable bonds is 3. The van der Waals surface area contributed by atoms with Crippen molar-refractivity contribution in [2.45, 2.75) is 31.7 Å². The lowest BCUT2D eigenvalue weighted by Gasteiger charge is -2.40. The van der Waals surface area contributed by atoms with E-state index in [1.54, 1.807) is 4.68 Å². The van der Waals surface area contributed by atoms with Crippen LogP contribution >= 0.6 is 0 Å². The predicted octanol–water partition coefficient (Wildman–Crippen LogP) is 2.65. The number of hydrogen-bond donors (Lipinski definition) is 0. The molecule has 2 aliphatic rings. The Balaban J connectivity index is 1.42. The lowest BCUT2D eigenvalue weighted by molar-refractivity contribution is 0.0511. The fourth-order valence-electron chi connectivity index (χ4n) is 3.83. The van der Waals surface area contributed by atoms with Crippen molar-refractivity contribution in [3.63, 3.8) is 0 Å². The van der Waals surface area contributed by atoms with Crippen LogP contribution in [0.3, 0.4) is 0 Å². The molecule has 0 atom stereocenters. The van der Waals surface area contributed by atoms with Crippen LogP contribution in [0.5, 0.6) is 0 Å². The highest BCUT2D eigenvalue weighted by molar-refractivity contribution is 5.93. The number of carbonyl (C=O) groups excluding carboxylic acids is 1. The number of nitrogens with zero attached hydrogens (tertiary/aromatic N) is 5. The van der Waals surface area contributed by atoms with Crippen molar-refractivity contribution in [3.8, 4) is 0 Å². The summed E-state index contributed by atoms with van der Waals surface area (Å²) >= 11 is 0. The van der Waals surface area contributed by atoms with E-state index in [1.165, 1.54) is 24.2 Å². The summed E-state index contributed by atoms with van der Waals surface area (Å²) in [5.74, 6) is 1.86. The second kappa shape index (κ2) is 5.18. The molecule has 0 bridgehead atoms. The Morgan fingerprint density at radius 3 is 2.64 bits per heavy atom. The molecule has 5 rings (SSSR count). The van der Waals surface area contributed by atoms with Crippen molar-refractivity contribution in [3.05, 3.63) is 47.5 Å². The SMILES string of the molecule is Cc1cc(C(=O)N2CC(n3c(C4CC4)nc4ccccc43)C2)n(C)n1. The van der Waals surface area contributed by atoms with E-state index in [9.17, 15) is 4.79 Å². The van der Waals surface area contributed by atoms with Crippen molar-refractivity contribution in [2.24, 2.45) is 7.05 Å². The number of imidazole rings is 1. The van der Waals surface area contributed by atoms with Crippen LogP contribution in [0.4, 0.5) is 0 Å². The van der Waals surface area contributed by atoms with E-state index >= 15 is 0 Å². The van der Waals surface area contributed by atoms with Gasteiger partial charge in [-0.25, -0.2) is 4.98 Å². The van der Waals surface area contributed by atoms with Gasteiger partial charge >= 0.3 is 0 Å². The van der Waals surface area contributed by atoms with Crippen LogP contribution in [0.1, 0.15) is 46.8 Å². The lowest BCUT2D eigenvalue weighted by atomic mass is 10.1. The van der Waals surface area contributed by atoms with E-state index in [0.29, 0.717) is 17.7 Å². The van der Waals surface area contributed by atoms with Crippen molar-refractivity contribution in [2.75, 3.05) is 13.1 Å². The zero-order valence-corrected chi connectivity index (χ0v) is 14.5. The van der Waals surface area contributed by atoms with Crippen LogP contribution < -0.4 is 0 Å². The van der Waals surface area contributed by atoms with Gasteiger partial charge in [-0.1, -0.05) is 12.1 Å². The number of fused-ring (bicyclic) bond motifs is 1. The molecule has 1 aromatic carbocycles. The molecule has 128 valence electrons. The van der Waals surface area contributed by atoms with Gasteiger partial charge in [0, 0.05) is 26.1 Å². The number of para-hydroxylation sites is 2. The minimum absolute atomic E-state index is 0.0664. The lowest BCUT2D eigenvalue weighted by Crippen LogP contribution is -2.51. The van der Waals surface area contributed by atoms with Crippen molar-refractivity contribution in [1.82, 2.24) is 24.2 Å². The minimum atomic E-state index is 0.0664. The van der Waals surface area contributed by atoms with Gasteiger partial charge in [-0.3, -0.25) is 9.48 Å². The number of amides is 1. The van der Waals surface area contributed by atoms with Crippen LogP contribution in [0, 0.1) is 6.92 Å².